The second kappa shape index (κ2) is 3.33. The van der Waals surface area contributed by atoms with Crippen molar-refractivity contribution >= 4 is 12.6 Å². The Kier molecular flexibility index (Phi) is 2.66. The molecule has 1 aliphatic rings. The minimum Gasteiger partial charge on any atom is -0.376 e. The van der Waals surface area contributed by atoms with Crippen molar-refractivity contribution in [1.82, 2.24) is 0 Å². The van der Waals surface area contributed by atoms with Crippen LogP contribution in [0.25, 0.3) is 0 Å². The highest BCUT2D eigenvalue weighted by molar-refractivity contribution is 7.80. The van der Waals surface area contributed by atoms with E-state index in [0.29, 0.717) is 19.0 Å². The molecule has 1 heterocycles. The smallest absolute Gasteiger partial charge is 0.0908 e. The van der Waals surface area contributed by atoms with Crippen molar-refractivity contribution in [3.05, 3.63) is 0 Å². The highest BCUT2D eigenvalue weighted by Crippen LogP contribution is 2.00. The van der Waals surface area contributed by atoms with E-state index in [0.717, 1.165) is 6.61 Å². The Morgan fingerprint density at radius 2 is 2.38 bits per heavy atom. The molecule has 0 spiro atoms. The lowest BCUT2D eigenvalue weighted by Crippen LogP contribution is -2.29. The van der Waals surface area contributed by atoms with Gasteiger partial charge in [0.1, 0.15) is 0 Å². The molecule has 0 saturated carbocycles. The number of ether oxygens (including phenoxy) is 2. The van der Waals surface area contributed by atoms with Crippen LogP contribution in [-0.4, -0.2) is 31.7 Å². The summed E-state index contributed by atoms with van der Waals surface area (Å²) in [4.78, 5) is 0. The van der Waals surface area contributed by atoms with Gasteiger partial charge in [-0.15, -0.1) is 0 Å². The maximum Gasteiger partial charge on any atom is 0.0908 e. The summed E-state index contributed by atoms with van der Waals surface area (Å²) in [5.74, 6) is 0.653. The van der Waals surface area contributed by atoms with Gasteiger partial charge in [0.25, 0.3) is 0 Å². The highest BCUT2D eigenvalue weighted by atomic mass is 32.1. The summed E-state index contributed by atoms with van der Waals surface area (Å²) in [5.41, 5.74) is 0. The molecule has 8 heavy (non-hydrogen) atoms. The van der Waals surface area contributed by atoms with Crippen LogP contribution in [0.4, 0.5) is 0 Å². The Morgan fingerprint density at radius 1 is 1.50 bits per heavy atom. The second-order valence-corrected chi connectivity index (χ2v) is 2.07. The lowest BCUT2D eigenvalue weighted by Gasteiger charge is -2.20. The van der Waals surface area contributed by atoms with Crippen LogP contribution in [0, 0.1) is 0 Å². The quantitative estimate of drug-likeness (QED) is 0.521. The van der Waals surface area contributed by atoms with E-state index < -0.39 is 0 Å². The van der Waals surface area contributed by atoms with Gasteiger partial charge in [0.15, 0.2) is 0 Å². The molecule has 1 aliphatic heterocycles. The molecule has 0 amide bonds. The summed E-state index contributed by atoms with van der Waals surface area (Å²) in [7, 11) is 0. The van der Waals surface area contributed by atoms with Crippen molar-refractivity contribution < 1.29 is 9.47 Å². The molecule has 1 radical (unpaired) electrons. The van der Waals surface area contributed by atoms with Crippen molar-refractivity contribution in [2.24, 2.45) is 0 Å². The Hall–Kier alpha value is 0.270. The minimum atomic E-state index is 0.179. The van der Waals surface area contributed by atoms with Crippen molar-refractivity contribution in [2.45, 2.75) is 6.10 Å². The molecule has 0 aromatic heterocycles. The highest BCUT2D eigenvalue weighted by Gasteiger charge is 2.11. The summed E-state index contributed by atoms with van der Waals surface area (Å²) in [6.45, 7) is 2.12. The summed E-state index contributed by atoms with van der Waals surface area (Å²) < 4.78 is 10.3. The first kappa shape index (κ1) is 6.39. The fraction of sp³-hybridized carbons (Fsp3) is 1.00. The van der Waals surface area contributed by atoms with Gasteiger partial charge in [0, 0.05) is 5.75 Å². The summed E-state index contributed by atoms with van der Waals surface area (Å²) in [6.07, 6.45) is 0.179. The van der Waals surface area contributed by atoms with E-state index in [4.69, 9.17) is 22.1 Å². The first-order chi connectivity index (χ1) is 3.93. The Morgan fingerprint density at radius 3 is 2.75 bits per heavy atom. The lowest BCUT2D eigenvalue weighted by molar-refractivity contribution is -0.0775. The SMILES string of the molecule is [S]CC1COCCO1. The molecule has 1 rings (SSSR count). The van der Waals surface area contributed by atoms with Crippen LogP contribution >= 0.6 is 12.6 Å². The van der Waals surface area contributed by atoms with Crippen molar-refractivity contribution in [3.8, 4) is 0 Å². The minimum absolute atomic E-state index is 0.179. The average Bonchev–Trinajstić information content (AvgIpc) is 1.90. The Labute approximate surface area is 54.6 Å². The standard InChI is InChI=1S/C5H9O2S/c8-4-5-3-6-1-2-7-5/h5H,1-4H2. The normalized spacial score (nSPS) is 30.4. The van der Waals surface area contributed by atoms with Crippen LogP contribution in [0.2, 0.25) is 0 Å². The molecule has 1 saturated heterocycles. The maximum atomic E-state index is 5.20. The van der Waals surface area contributed by atoms with E-state index in [2.05, 4.69) is 0 Å². The molecule has 1 atom stereocenters. The molecule has 1 unspecified atom stereocenters. The van der Waals surface area contributed by atoms with Gasteiger partial charge in [-0.05, 0) is 0 Å². The number of rotatable bonds is 1. The second-order valence-electron chi connectivity index (χ2n) is 1.73. The predicted molar refractivity (Wildman–Crippen MR) is 33.0 cm³/mol. The fourth-order valence-corrected chi connectivity index (χ4v) is 0.825. The Bertz CT molecular complexity index is 61.4. The van der Waals surface area contributed by atoms with Crippen molar-refractivity contribution in [1.29, 1.82) is 0 Å². The molecule has 0 bridgehead atoms. The monoisotopic (exact) mass is 133 g/mol. The summed E-state index contributed by atoms with van der Waals surface area (Å²) in [6, 6.07) is 0. The van der Waals surface area contributed by atoms with Gasteiger partial charge in [-0.1, -0.05) is 12.6 Å². The molecule has 0 N–H and O–H groups in total. The zero-order valence-corrected chi connectivity index (χ0v) is 5.45. The van der Waals surface area contributed by atoms with Crippen molar-refractivity contribution in [3.63, 3.8) is 0 Å². The van der Waals surface area contributed by atoms with E-state index in [9.17, 15) is 0 Å². The summed E-state index contributed by atoms with van der Waals surface area (Å²) in [5, 5.41) is 0. The van der Waals surface area contributed by atoms with Gasteiger partial charge in [0.2, 0.25) is 0 Å². The maximum absolute atomic E-state index is 5.20. The summed E-state index contributed by atoms with van der Waals surface area (Å²) >= 11 is 4.77. The molecular formula is C5H9O2S. The van der Waals surface area contributed by atoms with Gasteiger partial charge in [-0.3, -0.25) is 0 Å². The lowest BCUT2D eigenvalue weighted by atomic mass is 10.4. The predicted octanol–water partition coefficient (Wildman–Crippen LogP) is 0.599. The first-order valence-electron chi connectivity index (χ1n) is 2.71. The molecule has 1 fully saturated rings. The van der Waals surface area contributed by atoms with Crippen LogP contribution in [0.3, 0.4) is 0 Å². The van der Waals surface area contributed by atoms with Gasteiger partial charge in [0.05, 0.1) is 25.9 Å². The molecule has 0 aromatic carbocycles. The van der Waals surface area contributed by atoms with E-state index in [-0.39, 0.29) is 6.10 Å². The molecular weight excluding hydrogens is 124 g/mol. The van der Waals surface area contributed by atoms with Crippen molar-refractivity contribution in [2.75, 3.05) is 25.6 Å². The van der Waals surface area contributed by atoms with Gasteiger partial charge >= 0.3 is 0 Å². The molecule has 2 nitrogen and oxygen atoms in total. The fourth-order valence-electron chi connectivity index (χ4n) is 0.633. The third kappa shape index (κ3) is 1.65. The van der Waals surface area contributed by atoms with E-state index in [1.807, 2.05) is 0 Å². The van der Waals surface area contributed by atoms with Crippen LogP contribution in [0.1, 0.15) is 0 Å². The average molecular weight is 133 g/mol. The third-order valence-corrected chi connectivity index (χ3v) is 1.44. The topological polar surface area (TPSA) is 18.5 Å². The van der Waals surface area contributed by atoms with Crippen LogP contribution < -0.4 is 0 Å². The van der Waals surface area contributed by atoms with Gasteiger partial charge in [-0.25, -0.2) is 0 Å². The van der Waals surface area contributed by atoms with Crippen LogP contribution in [0.5, 0.6) is 0 Å². The molecule has 47 valence electrons. The van der Waals surface area contributed by atoms with Gasteiger partial charge in [-0.2, -0.15) is 0 Å². The number of hydrogen-bond acceptors (Lipinski definition) is 2. The zero-order valence-electron chi connectivity index (χ0n) is 4.63. The molecule has 0 aliphatic carbocycles. The van der Waals surface area contributed by atoms with E-state index in [1.165, 1.54) is 0 Å². The van der Waals surface area contributed by atoms with E-state index in [1.54, 1.807) is 0 Å². The van der Waals surface area contributed by atoms with Crippen LogP contribution in [0.15, 0.2) is 0 Å². The zero-order chi connectivity index (χ0) is 5.82. The Balaban J connectivity index is 2.13. The third-order valence-electron chi connectivity index (χ3n) is 1.07. The molecule has 0 aromatic rings. The van der Waals surface area contributed by atoms with Crippen LogP contribution in [-0.2, 0) is 9.47 Å². The molecule has 3 heteroatoms. The number of hydrogen-bond donors (Lipinski definition) is 0. The van der Waals surface area contributed by atoms with Gasteiger partial charge < -0.3 is 9.47 Å². The first-order valence-corrected chi connectivity index (χ1v) is 3.28. The van der Waals surface area contributed by atoms with E-state index >= 15 is 0 Å². The largest absolute Gasteiger partial charge is 0.376 e.